The van der Waals surface area contributed by atoms with E-state index in [9.17, 15) is 8.42 Å². The molecule has 3 N–H and O–H groups in total. The van der Waals surface area contributed by atoms with Crippen LogP contribution in [0.3, 0.4) is 0 Å². The first-order chi connectivity index (χ1) is 19.9. The van der Waals surface area contributed by atoms with E-state index in [2.05, 4.69) is 15.4 Å². The van der Waals surface area contributed by atoms with Crippen molar-refractivity contribution in [3.05, 3.63) is 96.0 Å². The number of halogens is 1. The highest BCUT2D eigenvalue weighted by molar-refractivity contribution is 7.89. The van der Waals surface area contributed by atoms with Gasteiger partial charge in [-0.1, -0.05) is 54.1 Å². The van der Waals surface area contributed by atoms with Crippen LogP contribution in [0.5, 0.6) is 0 Å². The van der Waals surface area contributed by atoms with E-state index in [0.29, 0.717) is 34.2 Å². The summed E-state index contributed by atoms with van der Waals surface area (Å²) in [6, 6.07) is 28.5. The Hall–Kier alpha value is -3.72. The van der Waals surface area contributed by atoms with Crippen LogP contribution >= 0.6 is 11.6 Å². The SMILES string of the molecule is O=S(=O)(NC[C@H]1CC[C@H](CNc2nc(Nc3ccc(Cl)cc3)c3ccccc3n2)CC1)c1ccc2ccccc2c1. The Labute approximate surface area is 245 Å². The summed E-state index contributed by atoms with van der Waals surface area (Å²) in [7, 11) is -3.55. The van der Waals surface area contributed by atoms with Gasteiger partial charge in [0.25, 0.3) is 0 Å². The van der Waals surface area contributed by atoms with Gasteiger partial charge in [-0.15, -0.1) is 0 Å². The van der Waals surface area contributed by atoms with Crippen molar-refractivity contribution in [3.8, 4) is 0 Å². The second-order valence-corrected chi connectivity index (χ2v) is 12.9. The van der Waals surface area contributed by atoms with E-state index in [1.165, 1.54) is 0 Å². The van der Waals surface area contributed by atoms with Gasteiger partial charge in [-0.25, -0.2) is 18.1 Å². The summed E-state index contributed by atoms with van der Waals surface area (Å²) in [6.45, 7) is 1.23. The van der Waals surface area contributed by atoms with Crippen LogP contribution in [-0.2, 0) is 10.0 Å². The Morgan fingerprint density at radius 1 is 0.756 bits per heavy atom. The number of aromatic nitrogens is 2. The number of anilines is 3. The highest BCUT2D eigenvalue weighted by atomic mass is 35.5. The molecule has 6 rings (SSSR count). The lowest BCUT2D eigenvalue weighted by Crippen LogP contribution is -2.32. The molecule has 0 amide bonds. The molecule has 5 aromatic rings. The van der Waals surface area contributed by atoms with Gasteiger partial charge in [0.05, 0.1) is 10.4 Å². The lowest BCUT2D eigenvalue weighted by atomic mass is 9.82. The number of nitrogens with one attached hydrogen (secondary N) is 3. The zero-order chi connectivity index (χ0) is 28.2. The van der Waals surface area contributed by atoms with Gasteiger partial charge in [-0.3, -0.25) is 0 Å². The third kappa shape index (κ3) is 6.62. The maximum Gasteiger partial charge on any atom is 0.240 e. The van der Waals surface area contributed by atoms with Crippen molar-refractivity contribution in [2.45, 2.75) is 30.6 Å². The van der Waals surface area contributed by atoms with Crippen LogP contribution in [0, 0.1) is 11.8 Å². The molecule has 0 atom stereocenters. The van der Waals surface area contributed by atoms with Crippen LogP contribution in [0.25, 0.3) is 21.7 Å². The number of fused-ring (bicyclic) bond motifs is 2. The molecule has 0 radical (unpaired) electrons. The number of nitrogens with zero attached hydrogens (tertiary/aromatic N) is 2. The average Bonchev–Trinajstić information content (AvgIpc) is 3.00. The smallest absolute Gasteiger partial charge is 0.240 e. The van der Waals surface area contributed by atoms with Gasteiger partial charge in [0.1, 0.15) is 5.82 Å². The van der Waals surface area contributed by atoms with Gasteiger partial charge in [-0.2, -0.15) is 4.98 Å². The molecule has 0 unspecified atom stereocenters. The Bertz CT molecular complexity index is 1770. The fourth-order valence-electron chi connectivity index (χ4n) is 5.44. The predicted octanol–water partition coefficient (Wildman–Crippen LogP) is 7.38. The first-order valence-electron chi connectivity index (χ1n) is 13.9. The van der Waals surface area contributed by atoms with Crippen molar-refractivity contribution >= 4 is 60.8 Å². The standard InChI is InChI=1S/C32H32ClN5O2S/c33-26-14-16-27(17-15-26)36-31-29-7-3-4-8-30(29)37-32(38-31)34-20-22-9-11-23(12-10-22)21-35-41(39,40)28-18-13-24-5-1-2-6-25(24)19-28/h1-8,13-19,22-23,35H,9-12,20-21H2,(H2,34,36,37,38)/t22-,23-. The normalized spacial score (nSPS) is 17.5. The van der Waals surface area contributed by atoms with Crippen molar-refractivity contribution < 1.29 is 8.42 Å². The number of sulfonamides is 1. The molecule has 0 saturated heterocycles. The number of hydrogen-bond acceptors (Lipinski definition) is 6. The van der Waals surface area contributed by atoms with E-state index in [-0.39, 0.29) is 0 Å². The molecule has 41 heavy (non-hydrogen) atoms. The van der Waals surface area contributed by atoms with E-state index >= 15 is 0 Å². The largest absolute Gasteiger partial charge is 0.354 e. The molecule has 1 aliphatic rings. The third-order valence-corrected chi connectivity index (χ3v) is 9.49. The van der Waals surface area contributed by atoms with E-state index in [4.69, 9.17) is 21.6 Å². The Kier molecular flexibility index (Phi) is 8.05. The number of hydrogen-bond donors (Lipinski definition) is 3. The van der Waals surface area contributed by atoms with E-state index in [0.717, 1.165) is 65.4 Å². The van der Waals surface area contributed by atoms with Crippen molar-refractivity contribution in [1.29, 1.82) is 0 Å². The van der Waals surface area contributed by atoms with Gasteiger partial charge in [0.15, 0.2) is 0 Å². The number of benzene rings is 4. The second-order valence-electron chi connectivity index (χ2n) is 10.7. The molecule has 1 aromatic heterocycles. The Morgan fingerprint density at radius 2 is 1.44 bits per heavy atom. The summed E-state index contributed by atoms with van der Waals surface area (Å²) >= 11 is 6.05. The minimum absolute atomic E-state index is 0.314. The molecule has 7 nitrogen and oxygen atoms in total. The fraction of sp³-hybridized carbons (Fsp3) is 0.250. The molecule has 1 fully saturated rings. The van der Waals surface area contributed by atoms with E-state index < -0.39 is 10.0 Å². The summed E-state index contributed by atoms with van der Waals surface area (Å²) in [5.74, 6) is 2.13. The van der Waals surface area contributed by atoms with Gasteiger partial charge in [0, 0.05) is 29.2 Å². The highest BCUT2D eigenvalue weighted by Crippen LogP contribution is 2.30. The van der Waals surface area contributed by atoms with Crippen LogP contribution in [0.1, 0.15) is 25.7 Å². The summed E-state index contributed by atoms with van der Waals surface area (Å²) < 4.78 is 28.7. The van der Waals surface area contributed by atoms with Crippen molar-refractivity contribution in [1.82, 2.24) is 14.7 Å². The number of rotatable bonds is 9. The Morgan fingerprint density at radius 3 is 2.22 bits per heavy atom. The van der Waals surface area contributed by atoms with Gasteiger partial charge >= 0.3 is 0 Å². The zero-order valence-electron chi connectivity index (χ0n) is 22.6. The summed E-state index contributed by atoms with van der Waals surface area (Å²) in [5.41, 5.74) is 1.77. The van der Waals surface area contributed by atoms with Crippen LogP contribution < -0.4 is 15.4 Å². The topological polar surface area (TPSA) is 96.0 Å². The maximum absolute atomic E-state index is 12.9. The molecule has 1 aliphatic carbocycles. The Balaban J connectivity index is 1.03. The van der Waals surface area contributed by atoms with Crippen molar-refractivity contribution in [2.75, 3.05) is 23.7 Å². The lowest BCUT2D eigenvalue weighted by molar-refractivity contribution is 0.284. The van der Waals surface area contributed by atoms with Crippen LogP contribution in [0.2, 0.25) is 5.02 Å². The molecular weight excluding hydrogens is 554 g/mol. The molecule has 0 aliphatic heterocycles. The highest BCUT2D eigenvalue weighted by Gasteiger charge is 2.24. The number of para-hydroxylation sites is 1. The second kappa shape index (κ2) is 12.0. The van der Waals surface area contributed by atoms with Crippen LogP contribution in [0.4, 0.5) is 17.5 Å². The van der Waals surface area contributed by atoms with Crippen LogP contribution in [-0.4, -0.2) is 31.5 Å². The minimum atomic E-state index is -3.55. The van der Waals surface area contributed by atoms with Crippen molar-refractivity contribution in [3.63, 3.8) is 0 Å². The van der Waals surface area contributed by atoms with Crippen LogP contribution in [0.15, 0.2) is 95.9 Å². The summed E-state index contributed by atoms with van der Waals surface area (Å²) in [4.78, 5) is 9.83. The fourth-order valence-corrected chi connectivity index (χ4v) is 6.72. The minimum Gasteiger partial charge on any atom is -0.354 e. The first-order valence-corrected chi connectivity index (χ1v) is 15.8. The molecule has 4 aromatic carbocycles. The molecule has 1 saturated carbocycles. The molecule has 9 heteroatoms. The molecule has 1 heterocycles. The zero-order valence-corrected chi connectivity index (χ0v) is 24.1. The predicted molar refractivity (Wildman–Crippen MR) is 167 cm³/mol. The van der Waals surface area contributed by atoms with Gasteiger partial charge in [0.2, 0.25) is 16.0 Å². The molecule has 0 spiro atoms. The lowest BCUT2D eigenvalue weighted by Gasteiger charge is -2.28. The summed E-state index contributed by atoms with van der Waals surface area (Å²) in [5, 5.41) is 10.4. The summed E-state index contributed by atoms with van der Waals surface area (Å²) in [6.07, 6.45) is 4.01. The molecular formula is C32H32ClN5O2S. The molecule has 210 valence electrons. The maximum atomic E-state index is 12.9. The average molecular weight is 586 g/mol. The van der Waals surface area contributed by atoms with E-state index in [1.807, 2.05) is 78.9 Å². The monoisotopic (exact) mass is 585 g/mol. The van der Waals surface area contributed by atoms with Crippen molar-refractivity contribution in [2.24, 2.45) is 11.8 Å². The van der Waals surface area contributed by atoms with Gasteiger partial charge < -0.3 is 10.6 Å². The third-order valence-electron chi connectivity index (χ3n) is 7.82. The van der Waals surface area contributed by atoms with E-state index in [1.54, 1.807) is 12.1 Å². The first kappa shape index (κ1) is 27.4. The molecule has 0 bridgehead atoms. The quantitative estimate of drug-likeness (QED) is 0.167. The van der Waals surface area contributed by atoms with Gasteiger partial charge in [-0.05, 0) is 96.8 Å².